The second-order valence-corrected chi connectivity index (χ2v) is 8.91. The van der Waals surface area contributed by atoms with Crippen molar-refractivity contribution in [1.82, 2.24) is 20.0 Å². The minimum absolute atomic E-state index is 0.0759. The quantitative estimate of drug-likeness (QED) is 0.435. The van der Waals surface area contributed by atoms with Crippen molar-refractivity contribution in [3.05, 3.63) is 40.6 Å². The third-order valence-electron chi connectivity index (χ3n) is 4.56. The van der Waals surface area contributed by atoms with Crippen LogP contribution < -0.4 is 0 Å². The van der Waals surface area contributed by atoms with Crippen molar-refractivity contribution in [2.75, 3.05) is 6.61 Å². The molecule has 13 heteroatoms. The van der Waals surface area contributed by atoms with Crippen molar-refractivity contribution in [2.24, 2.45) is 0 Å². The number of aromatic nitrogens is 4. The first-order valence-electron chi connectivity index (χ1n) is 8.68. The highest BCUT2D eigenvalue weighted by atomic mass is 35.5. The molecule has 0 unspecified atom stereocenters. The Balaban J connectivity index is 1.61. The maximum Gasteiger partial charge on any atom is 0.271 e. The molecule has 0 aliphatic carbocycles. The van der Waals surface area contributed by atoms with E-state index < -0.39 is 42.2 Å². The monoisotopic (exact) mass is 474 g/mol. The van der Waals surface area contributed by atoms with Gasteiger partial charge in [0.15, 0.2) is 0 Å². The number of ether oxygens (including phenoxy) is 1. The van der Waals surface area contributed by atoms with Crippen LogP contribution in [0.15, 0.2) is 34.7 Å². The van der Waals surface area contributed by atoms with Crippen LogP contribution in [-0.4, -0.2) is 70.8 Å². The van der Waals surface area contributed by atoms with E-state index in [1.807, 2.05) is 0 Å². The summed E-state index contributed by atoms with van der Waals surface area (Å²) in [6.45, 7) is -0.493. The molecule has 4 rings (SSSR count). The van der Waals surface area contributed by atoms with Gasteiger partial charge in [-0.2, -0.15) is 0 Å². The molecule has 5 atom stereocenters. The Hall–Kier alpha value is -1.80. The van der Waals surface area contributed by atoms with Crippen LogP contribution in [0.1, 0.15) is 6.04 Å². The normalized spacial score (nSPS) is 26.8. The fraction of sp³-hybridized carbons (Fsp3) is 0.353. The Morgan fingerprint density at radius 1 is 1.27 bits per heavy atom. The minimum Gasteiger partial charge on any atom is -0.486 e. The average Bonchev–Trinajstić information content (AvgIpc) is 3.36. The van der Waals surface area contributed by atoms with Crippen LogP contribution in [0.25, 0.3) is 11.4 Å². The lowest BCUT2D eigenvalue weighted by Crippen LogP contribution is -2.55. The molecule has 9 nitrogen and oxygen atoms in total. The van der Waals surface area contributed by atoms with Gasteiger partial charge in [-0.05, 0) is 18.2 Å². The Morgan fingerprint density at radius 2 is 2.07 bits per heavy atom. The predicted molar refractivity (Wildman–Crippen MR) is 107 cm³/mol. The minimum atomic E-state index is -1.28. The van der Waals surface area contributed by atoms with E-state index in [4.69, 9.17) is 16.3 Å². The van der Waals surface area contributed by atoms with Gasteiger partial charge < -0.3 is 25.2 Å². The summed E-state index contributed by atoms with van der Waals surface area (Å²) in [5, 5.41) is 49.9. The van der Waals surface area contributed by atoms with Crippen LogP contribution in [0.4, 0.5) is 4.39 Å². The Morgan fingerprint density at radius 3 is 2.73 bits per heavy atom. The number of aliphatic hydroxyl groups is 3. The molecule has 3 heterocycles. The van der Waals surface area contributed by atoms with Gasteiger partial charge in [-0.1, -0.05) is 39.9 Å². The number of halogens is 2. The topological polar surface area (TPSA) is 134 Å². The molecule has 2 aromatic heterocycles. The molecule has 1 aromatic carbocycles. The number of benzene rings is 1. The van der Waals surface area contributed by atoms with E-state index in [-0.39, 0.29) is 10.2 Å². The lowest BCUT2D eigenvalue weighted by Gasteiger charge is -2.41. The molecule has 1 aliphatic heterocycles. The maximum absolute atomic E-state index is 13.4. The highest BCUT2D eigenvalue weighted by molar-refractivity contribution is 7.99. The molecule has 0 spiro atoms. The molecule has 1 fully saturated rings. The summed E-state index contributed by atoms with van der Waals surface area (Å²) >= 11 is 7.92. The molecule has 4 N–H and O–H groups in total. The number of thiazole rings is 1. The second-order valence-electron chi connectivity index (χ2n) is 6.49. The van der Waals surface area contributed by atoms with Gasteiger partial charge in [0.2, 0.25) is 0 Å². The number of hydrogen-bond donors (Lipinski definition) is 4. The Labute approximate surface area is 182 Å². The largest absolute Gasteiger partial charge is 0.486 e. The fourth-order valence-electron chi connectivity index (χ4n) is 3.08. The van der Waals surface area contributed by atoms with Crippen LogP contribution in [0, 0.1) is 5.82 Å². The summed E-state index contributed by atoms with van der Waals surface area (Å²) in [5.41, 5.74) is -0.175. The second kappa shape index (κ2) is 8.75. The molecule has 0 saturated carbocycles. The molecular weight excluding hydrogens is 459 g/mol. The van der Waals surface area contributed by atoms with Crippen molar-refractivity contribution in [1.29, 1.82) is 0 Å². The molecule has 30 heavy (non-hydrogen) atoms. The highest BCUT2D eigenvalue weighted by Gasteiger charge is 2.46. The summed E-state index contributed by atoms with van der Waals surface area (Å²) in [6, 6.07) is 3.09. The third-order valence-corrected chi connectivity index (χ3v) is 6.64. The van der Waals surface area contributed by atoms with Gasteiger partial charge in [0, 0.05) is 10.3 Å². The molecule has 0 amide bonds. The van der Waals surface area contributed by atoms with Crippen molar-refractivity contribution < 1.29 is 29.6 Å². The van der Waals surface area contributed by atoms with E-state index in [0.717, 1.165) is 23.1 Å². The van der Waals surface area contributed by atoms with Crippen LogP contribution >= 0.6 is 34.7 Å². The zero-order valence-corrected chi connectivity index (χ0v) is 17.4. The van der Waals surface area contributed by atoms with E-state index in [0.29, 0.717) is 16.3 Å². The average molecular weight is 475 g/mol. The molecule has 160 valence electrons. The highest BCUT2D eigenvalue weighted by Crippen LogP contribution is 2.39. The van der Waals surface area contributed by atoms with E-state index in [9.17, 15) is 24.8 Å². The summed E-state index contributed by atoms with van der Waals surface area (Å²) in [6.07, 6.45) is -2.06. The zero-order chi connectivity index (χ0) is 21.4. The first kappa shape index (κ1) is 21.4. The van der Waals surface area contributed by atoms with E-state index in [1.165, 1.54) is 29.1 Å². The lowest BCUT2D eigenvalue weighted by atomic mass is 9.97. The molecule has 3 aromatic rings. The van der Waals surface area contributed by atoms with Crippen LogP contribution in [0.3, 0.4) is 0 Å². The number of aliphatic hydroxyl groups excluding tert-OH is 3. The van der Waals surface area contributed by atoms with Gasteiger partial charge >= 0.3 is 0 Å². The molecule has 1 saturated heterocycles. The third kappa shape index (κ3) is 4.17. The van der Waals surface area contributed by atoms with Crippen molar-refractivity contribution in [3.63, 3.8) is 0 Å². The number of thioether (sulfide) groups is 1. The molecule has 1 aliphatic rings. The number of aromatic hydroxyl groups is 1. The maximum atomic E-state index is 13.4. The van der Waals surface area contributed by atoms with E-state index >= 15 is 0 Å². The SMILES string of the molecule is OC[C@H]1O[C@H](Sc2ccc(F)c(Cl)c2)[C@H](O)[C@@H](n2cc(-c3csc(O)n3)nn2)[C@H]1O. The number of nitrogens with zero attached hydrogens (tertiary/aromatic N) is 4. The molecule has 0 bridgehead atoms. The smallest absolute Gasteiger partial charge is 0.271 e. The predicted octanol–water partition coefficient (Wildman–Crippen LogP) is 1.67. The van der Waals surface area contributed by atoms with Gasteiger partial charge in [0.05, 0.1) is 17.8 Å². The van der Waals surface area contributed by atoms with Gasteiger partial charge in [0.1, 0.15) is 47.0 Å². The van der Waals surface area contributed by atoms with Crippen LogP contribution in [-0.2, 0) is 4.74 Å². The fourth-order valence-corrected chi connectivity index (χ4v) is 4.97. The van der Waals surface area contributed by atoms with E-state index in [2.05, 4.69) is 15.3 Å². The van der Waals surface area contributed by atoms with Gasteiger partial charge in [-0.3, -0.25) is 0 Å². The number of rotatable bonds is 5. The summed E-state index contributed by atoms with van der Waals surface area (Å²) in [4.78, 5) is 4.45. The standard InChI is InChI=1S/C17H16ClFN4O5S2/c18-8-3-7(1-2-9(8)19)30-16-15(26)13(14(25)12(5-24)28-16)23-4-10(21-22-23)11-6-29-17(27)20-11/h1-4,6,12-16,24-26H,5H2,(H,20,27)/t12-,13+,14+,15-,16-/m1/s1. The van der Waals surface area contributed by atoms with E-state index in [1.54, 1.807) is 5.38 Å². The van der Waals surface area contributed by atoms with Crippen LogP contribution in [0.5, 0.6) is 5.19 Å². The van der Waals surface area contributed by atoms with Gasteiger partial charge in [-0.25, -0.2) is 14.1 Å². The molecule has 0 radical (unpaired) electrons. The van der Waals surface area contributed by atoms with Crippen molar-refractivity contribution in [3.8, 4) is 16.6 Å². The van der Waals surface area contributed by atoms with Crippen molar-refractivity contribution >= 4 is 34.7 Å². The summed E-state index contributed by atoms with van der Waals surface area (Å²) < 4.78 is 20.3. The zero-order valence-electron chi connectivity index (χ0n) is 15.0. The first-order valence-corrected chi connectivity index (χ1v) is 10.8. The van der Waals surface area contributed by atoms with Gasteiger partial charge in [-0.15, -0.1) is 5.10 Å². The van der Waals surface area contributed by atoms with Gasteiger partial charge in [0.25, 0.3) is 5.19 Å². The Bertz CT molecular complexity index is 1040. The van der Waals surface area contributed by atoms with Crippen molar-refractivity contribution in [2.45, 2.75) is 34.7 Å². The summed E-state index contributed by atoms with van der Waals surface area (Å²) in [5.74, 6) is -0.573. The molecular formula is C17H16ClFN4O5S2. The first-order chi connectivity index (χ1) is 14.4. The number of hydrogen-bond acceptors (Lipinski definition) is 10. The Kier molecular flexibility index (Phi) is 6.25. The lowest BCUT2D eigenvalue weighted by molar-refractivity contribution is -0.178. The van der Waals surface area contributed by atoms with Crippen LogP contribution in [0.2, 0.25) is 5.02 Å². The summed E-state index contributed by atoms with van der Waals surface area (Å²) in [7, 11) is 0.